The fourth-order valence-electron chi connectivity index (χ4n) is 1.32. The Bertz CT molecular complexity index is 497. The first kappa shape index (κ1) is 11.1. The van der Waals surface area contributed by atoms with Crippen LogP contribution in [0.1, 0.15) is 10.4 Å². The van der Waals surface area contributed by atoms with Crippen LogP contribution in [0.5, 0.6) is 0 Å². The van der Waals surface area contributed by atoms with Crippen LogP contribution in [0.2, 0.25) is 0 Å². The van der Waals surface area contributed by atoms with Crippen molar-refractivity contribution < 1.29 is 9.53 Å². The third kappa shape index (κ3) is 2.78. The number of benzene rings is 1. The average Bonchev–Trinajstić information content (AvgIpc) is 2.40. The van der Waals surface area contributed by atoms with E-state index in [-0.39, 0.29) is 5.97 Å². The largest absolute Gasteiger partial charge is 0.465 e. The lowest BCUT2D eigenvalue weighted by molar-refractivity contribution is 0.0601. The Labute approximate surface area is 98.5 Å². The number of methoxy groups -OCH3 is 1. The number of anilines is 2. The number of carbonyl (C=O) groups is 1. The van der Waals surface area contributed by atoms with Gasteiger partial charge in [0.15, 0.2) is 0 Å². The Morgan fingerprint density at radius 3 is 2.59 bits per heavy atom. The van der Waals surface area contributed by atoms with Crippen molar-refractivity contribution in [3.05, 3.63) is 48.4 Å². The second-order valence-electron chi connectivity index (χ2n) is 3.29. The minimum Gasteiger partial charge on any atom is -0.465 e. The van der Waals surface area contributed by atoms with Crippen LogP contribution in [0, 0.1) is 0 Å². The van der Waals surface area contributed by atoms with Crippen LogP contribution in [0.3, 0.4) is 0 Å². The van der Waals surface area contributed by atoms with E-state index in [1.54, 1.807) is 36.5 Å². The number of rotatable bonds is 3. The second kappa shape index (κ2) is 5.07. The first-order valence-corrected chi connectivity index (χ1v) is 5.01. The molecule has 0 atom stereocenters. The summed E-state index contributed by atoms with van der Waals surface area (Å²) in [5.74, 6) is 0.351. The van der Waals surface area contributed by atoms with Gasteiger partial charge in [-0.15, -0.1) is 0 Å². The predicted octanol–water partition coefficient (Wildman–Crippen LogP) is 2.01. The van der Waals surface area contributed by atoms with E-state index in [9.17, 15) is 4.79 Å². The maximum atomic E-state index is 11.2. The molecule has 1 aromatic heterocycles. The Hall–Kier alpha value is -2.43. The van der Waals surface area contributed by atoms with Gasteiger partial charge in [-0.25, -0.2) is 14.8 Å². The zero-order valence-electron chi connectivity index (χ0n) is 9.25. The molecule has 5 nitrogen and oxygen atoms in total. The number of hydrogen-bond donors (Lipinski definition) is 1. The zero-order chi connectivity index (χ0) is 12.1. The number of carbonyl (C=O) groups excluding carboxylic acids is 1. The van der Waals surface area contributed by atoms with Gasteiger partial charge >= 0.3 is 5.97 Å². The molecule has 1 N–H and O–H groups in total. The standard InChI is InChI=1S/C12H11N3O2/c1-17-12(16)9-2-4-10(5-3-9)15-11-6-7-13-8-14-11/h2-8H,1H3,(H,13,14,15). The van der Waals surface area contributed by atoms with Gasteiger partial charge in [-0.3, -0.25) is 0 Å². The molecule has 5 heteroatoms. The van der Waals surface area contributed by atoms with Crippen LogP contribution >= 0.6 is 0 Å². The van der Waals surface area contributed by atoms with Gasteiger partial charge in [-0.05, 0) is 30.3 Å². The summed E-state index contributed by atoms with van der Waals surface area (Å²) in [6.45, 7) is 0. The molecule has 2 rings (SSSR count). The minimum atomic E-state index is -0.349. The molecule has 1 aromatic carbocycles. The highest BCUT2D eigenvalue weighted by Gasteiger charge is 2.04. The number of aromatic nitrogens is 2. The molecule has 0 bridgehead atoms. The van der Waals surface area contributed by atoms with E-state index in [2.05, 4.69) is 20.0 Å². The van der Waals surface area contributed by atoms with E-state index in [0.29, 0.717) is 11.4 Å². The lowest BCUT2D eigenvalue weighted by Crippen LogP contribution is -2.01. The van der Waals surface area contributed by atoms with E-state index in [0.717, 1.165) is 5.69 Å². The highest BCUT2D eigenvalue weighted by molar-refractivity contribution is 5.89. The quantitative estimate of drug-likeness (QED) is 0.815. The molecule has 0 aliphatic rings. The molecule has 1 heterocycles. The Morgan fingerprint density at radius 2 is 2.00 bits per heavy atom. The molecule has 0 spiro atoms. The molecule has 0 saturated carbocycles. The maximum Gasteiger partial charge on any atom is 0.337 e. The number of esters is 1. The van der Waals surface area contributed by atoms with Crippen molar-refractivity contribution in [3.63, 3.8) is 0 Å². The normalized spacial score (nSPS) is 9.71. The average molecular weight is 229 g/mol. The lowest BCUT2D eigenvalue weighted by Gasteiger charge is -2.05. The first-order valence-electron chi connectivity index (χ1n) is 5.01. The van der Waals surface area contributed by atoms with Crippen LogP contribution in [-0.2, 0) is 4.74 Å². The van der Waals surface area contributed by atoms with Crippen molar-refractivity contribution in [1.29, 1.82) is 0 Å². The number of nitrogens with zero attached hydrogens (tertiary/aromatic N) is 2. The van der Waals surface area contributed by atoms with Gasteiger partial charge in [0.1, 0.15) is 12.1 Å². The third-order valence-electron chi connectivity index (χ3n) is 2.16. The fraction of sp³-hybridized carbons (Fsp3) is 0.0833. The monoisotopic (exact) mass is 229 g/mol. The molecule has 0 amide bonds. The van der Waals surface area contributed by atoms with E-state index >= 15 is 0 Å². The summed E-state index contributed by atoms with van der Waals surface area (Å²) < 4.78 is 4.61. The van der Waals surface area contributed by atoms with Crippen molar-refractivity contribution in [2.24, 2.45) is 0 Å². The van der Waals surface area contributed by atoms with E-state index in [4.69, 9.17) is 0 Å². The Balaban J connectivity index is 2.11. The van der Waals surface area contributed by atoms with Gasteiger partial charge in [-0.1, -0.05) is 0 Å². The second-order valence-corrected chi connectivity index (χ2v) is 3.29. The summed E-state index contributed by atoms with van der Waals surface area (Å²) in [6.07, 6.45) is 3.11. The van der Waals surface area contributed by atoms with Gasteiger partial charge < -0.3 is 10.1 Å². The van der Waals surface area contributed by atoms with Gasteiger partial charge in [0, 0.05) is 11.9 Å². The Morgan fingerprint density at radius 1 is 1.24 bits per heavy atom. The first-order chi connectivity index (χ1) is 8.29. The predicted molar refractivity (Wildman–Crippen MR) is 63.1 cm³/mol. The smallest absolute Gasteiger partial charge is 0.337 e. The number of ether oxygens (including phenoxy) is 1. The topological polar surface area (TPSA) is 64.1 Å². The van der Waals surface area contributed by atoms with Crippen molar-refractivity contribution in [1.82, 2.24) is 9.97 Å². The van der Waals surface area contributed by atoms with Crippen LogP contribution in [0.4, 0.5) is 11.5 Å². The fourth-order valence-corrected chi connectivity index (χ4v) is 1.32. The van der Waals surface area contributed by atoms with Crippen LogP contribution in [-0.4, -0.2) is 23.0 Å². The van der Waals surface area contributed by atoms with Crippen LogP contribution < -0.4 is 5.32 Å². The lowest BCUT2D eigenvalue weighted by atomic mass is 10.2. The summed E-state index contributed by atoms with van der Waals surface area (Å²) in [4.78, 5) is 19.1. The molecule has 0 aliphatic carbocycles. The van der Waals surface area contributed by atoms with Crippen molar-refractivity contribution in [3.8, 4) is 0 Å². The molecule has 0 radical (unpaired) electrons. The highest BCUT2D eigenvalue weighted by atomic mass is 16.5. The van der Waals surface area contributed by atoms with Gasteiger partial charge in [0.25, 0.3) is 0 Å². The summed E-state index contributed by atoms with van der Waals surface area (Å²) in [6, 6.07) is 8.71. The van der Waals surface area contributed by atoms with Gasteiger partial charge in [0.05, 0.1) is 12.7 Å². The van der Waals surface area contributed by atoms with Gasteiger partial charge in [-0.2, -0.15) is 0 Å². The zero-order valence-corrected chi connectivity index (χ0v) is 9.25. The molecular formula is C12H11N3O2. The summed E-state index contributed by atoms with van der Waals surface area (Å²) in [5, 5.41) is 3.08. The number of nitrogens with one attached hydrogen (secondary N) is 1. The molecule has 0 unspecified atom stereocenters. The van der Waals surface area contributed by atoms with Gasteiger partial charge in [0.2, 0.25) is 0 Å². The number of hydrogen-bond acceptors (Lipinski definition) is 5. The van der Waals surface area contributed by atoms with E-state index in [1.807, 2.05) is 0 Å². The molecule has 2 aromatic rings. The third-order valence-corrected chi connectivity index (χ3v) is 2.16. The molecular weight excluding hydrogens is 218 g/mol. The molecule has 0 aliphatic heterocycles. The molecule has 0 fully saturated rings. The van der Waals surface area contributed by atoms with Crippen LogP contribution in [0.25, 0.3) is 0 Å². The maximum absolute atomic E-state index is 11.2. The van der Waals surface area contributed by atoms with Crippen LogP contribution in [0.15, 0.2) is 42.9 Å². The van der Waals surface area contributed by atoms with Crippen molar-refractivity contribution in [2.75, 3.05) is 12.4 Å². The minimum absolute atomic E-state index is 0.349. The molecule has 0 saturated heterocycles. The SMILES string of the molecule is COC(=O)c1ccc(Nc2ccncn2)cc1. The summed E-state index contributed by atoms with van der Waals surface area (Å²) in [5.41, 5.74) is 1.36. The van der Waals surface area contributed by atoms with Crippen molar-refractivity contribution in [2.45, 2.75) is 0 Å². The summed E-state index contributed by atoms with van der Waals surface area (Å²) in [7, 11) is 1.36. The summed E-state index contributed by atoms with van der Waals surface area (Å²) >= 11 is 0. The molecule has 86 valence electrons. The molecule has 17 heavy (non-hydrogen) atoms. The Kier molecular flexibility index (Phi) is 3.30. The van der Waals surface area contributed by atoms with Crippen molar-refractivity contribution >= 4 is 17.5 Å². The van der Waals surface area contributed by atoms with E-state index < -0.39 is 0 Å². The van der Waals surface area contributed by atoms with E-state index in [1.165, 1.54) is 13.4 Å². The highest BCUT2D eigenvalue weighted by Crippen LogP contribution is 2.14.